The van der Waals surface area contributed by atoms with E-state index in [-0.39, 0.29) is 18.2 Å². The van der Waals surface area contributed by atoms with Gasteiger partial charge in [0, 0.05) is 17.8 Å². The van der Waals surface area contributed by atoms with Crippen molar-refractivity contribution in [3.05, 3.63) is 22.4 Å². The standard InChI is InChI=1S/C14H21NO3S/c1-11(12-7-6-10-19-12)14(18)15-9-5-3-2-4-8-13(16)17/h6-7,10-11H,2-5,8-9H2,1H3,(H,15,18)(H,16,17). The number of thiophene rings is 1. The summed E-state index contributed by atoms with van der Waals surface area (Å²) < 4.78 is 0. The van der Waals surface area contributed by atoms with E-state index >= 15 is 0 Å². The molecule has 0 aliphatic heterocycles. The number of carboxylic acids is 1. The zero-order chi connectivity index (χ0) is 14.1. The molecule has 19 heavy (non-hydrogen) atoms. The third-order valence-electron chi connectivity index (χ3n) is 2.98. The lowest BCUT2D eigenvalue weighted by atomic mass is 10.1. The lowest BCUT2D eigenvalue weighted by molar-refractivity contribution is -0.137. The molecule has 2 N–H and O–H groups in total. The molecule has 0 radical (unpaired) electrons. The second-order valence-electron chi connectivity index (χ2n) is 4.59. The first-order valence-corrected chi connectivity index (χ1v) is 7.52. The van der Waals surface area contributed by atoms with E-state index in [2.05, 4.69) is 5.32 Å². The summed E-state index contributed by atoms with van der Waals surface area (Å²) in [6.07, 6.45) is 3.72. The Labute approximate surface area is 117 Å². The van der Waals surface area contributed by atoms with Crippen LogP contribution in [0.15, 0.2) is 17.5 Å². The van der Waals surface area contributed by atoms with Crippen molar-refractivity contribution in [1.82, 2.24) is 5.32 Å². The van der Waals surface area contributed by atoms with Crippen molar-refractivity contribution >= 4 is 23.2 Å². The molecule has 1 atom stereocenters. The van der Waals surface area contributed by atoms with E-state index in [4.69, 9.17) is 5.11 Å². The highest BCUT2D eigenvalue weighted by Gasteiger charge is 2.14. The molecule has 1 heterocycles. The topological polar surface area (TPSA) is 66.4 Å². The Bertz CT molecular complexity index is 389. The monoisotopic (exact) mass is 283 g/mol. The van der Waals surface area contributed by atoms with Gasteiger partial charge in [-0.3, -0.25) is 9.59 Å². The molecule has 1 aromatic heterocycles. The number of hydrogen-bond donors (Lipinski definition) is 2. The molecule has 0 saturated carbocycles. The Morgan fingerprint density at radius 3 is 2.68 bits per heavy atom. The van der Waals surface area contributed by atoms with Gasteiger partial charge in [-0.25, -0.2) is 0 Å². The molecule has 0 aliphatic carbocycles. The van der Waals surface area contributed by atoms with E-state index in [0.717, 1.165) is 30.6 Å². The lowest BCUT2D eigenvalue weighted by Gasteiger charge is -2.10. The fraction of sp³-hybridized carbons (Fsp3) is 0.571. The number of amides is 1. The molecule has 1 rings (SSSR count). The Hall–Kier alpha value is -1.36. The normalized spacial score (nSPS) is 12.1. The maximum atomic E-state index is 11.8. The van der Waals surface area contributed by atoms with Gasteiger partial charge in [-0.05, 0) is 31.2 Å². The van der Waals surface area contributed by atoms with Crippen LogP contribution in [0.3, 0.4) is 0 Å². The molecule has 1 amide bonds. The second-order valence-corrected chi connectivity index (χ2v) is 5.57. The highest BCUT2D eigenvalue weighted by atomic mass is 32.1. The lowest BCUT2D eigenvalue weighted by Crippen LogP contribution is -2.28. The molecule has 106 valence electrons. The van der Waals surface area contributed by atoms with Crippen LogP contribution in [0, 0.1) is 0 Å². The second kappa shape index (κ2) is 8.69. The molecule has 0 aliphatic rings. The summed E-state index contributed by atoms with van der Waals surface area (Å²) in [7, 11) is 0. The minimum atomic E-state index is -0.738. The summed E-state index contributed by atoms with van der Waals surface area (Å²) in [4.78, 5) is 23.2. The van der Waals surface area contributed by atoms with Gasteiger partial charge in [0.1, 0.15) is 0 Å². The molecule has 4 nitrogen and oxygen atoms in total. The van der Waals surface area contributed by atoms with Crippen LogP contribution in [0.1, 0.15) is 49.8 Å². The summed E-state index contributed by atoms with van der Waals surface area (Å²) in [5.41, 5.74) is 0. The fourth-order valence-corrected chi connectivity index (χ4v) is 2.57. The van der Waals surface area contributed by atoms with Crippen molar-refractivity contribution in [3.8, 4) is 0 Å². The van der Waals surface area contributed by atoms with E-state index < -0.39 is 5.97 Å². The van der Waals surface area contributed by atoms with Crippen LogP contribution < -0.4 is 5.32 Å². The number of aliphatic carboxylic acids is 1. The van der Waals surface area contributed by atoms with Crippen molar-refractivity contribution in [2.24, 2.45) is 0 Å². The van der Waals surface area contributed by atoms with E-state index in [1.807, 2.05) is 24.4 Å². The summed E-state index contributed by atoms with van der Waals surface area (Å²) in [5.74, 6) is -0.766. The van der Waals surface area contributed by atoms with Gasteiger partial charge in [0.15, 0.2) is 0 Å². The smallest absolute Gasteiger partial charge is 0.303 e. The van der Waals surface area contributed by atoms with E-state index in [1.165, 1.54) is 0 Å². The predicted octanol–water partition coefficient (Wildman–Crippen LogP) is 3.00. The van der Waals surface area contributed by atoms with Gasteiger partial charge in [0.25, 0.3) is 0 Å². The highest BCUT2D eigenvalue weighted by Crippen LogP contribution is 2.20. The van der Waals surface area contributed by atoms with Crippen LogP contribution in [0.5, 0.6) is 0 Å². The number of unbranched alkanes of at least 4 members (excludes halogenated alkanes) is 3. The summed E-state index contributed by atoms with van der Waals surface area (Å²) in [5, 5.41) is 13.4. The van der Waals surface area contributed by atoms with Gasteiger partial charge in [0.05, 0.1) is 5.92 Å². The molecule has 0 aromatic carbocycles. The molecule has 0 saturated heterocycles. The van der Waals surface area contributed by atoms with Crippen LogP contribution in [-0.2, 0) is 9.59 Å². The average Bonchev–Trinajstić information content (AvgIpc) is 2.89. The quantitative estimate of drug-likeness (QED) is 0.685. The van der Waals surface area contributed by atoms with Crippen molar-refractivity contribution in [2.75, 3.05) is 6.54 Å². The number of hydrogen-bond acceptors (Lipinski definition) is 3. The van der Waals surface area contributed by atoms with E-state index in [9.17, 15) is 9.59 Å². The van der Waals surface area contributed by atoms with Crippen LogP contribution >= 0.6 is 11.3 Å². The first-order valence-electron chi connectivity index (χ1n) is 6.64. The van der Waals surface area contributed by atoms with Gasteiger partial charge in [-0.15, -0.1) is 11.3 Å². The number of carbonyl (C=O) groups excluding carboxylic acids is 1. The molecule has 1 aromatic rings. The average molecular weight is 283 g/mol. The molecular weight excluding hydrogens is 262 g/mol. The molecule has 0 fully saturated rings. The summed E-state index contributed by atoms with van der Waals surface area (Å²) in [6, 6.07) is 3.92. The van der Waals surface area contributed by atoms with Gasteiger partial charge >= 0.3 is 5.97 Å². The van der Waals surface area contributed by atoms with Crippen molar-refractivity contribution in [1.29, 1.82) is 0 Å². The maximum absolute atomic E-state index is 11.8. The first-order chi connectivity index (χ1) is 9.11. The molecular formula is C14H21NO3S. The Kier molecular flexibility index (Phi) is 7.18. The molecule has 5 heteroatoms. The number of carboxylic acid groups (broad SMARTS) is 1. The number of carbonyl (C=O) groups is 2. The summed E-state index contributed by atoms with van der Waals surface area (Å²) in [6.45, 7) is 2.58. The molecule has 1 unspecified atom stereocenters. The zero-order valence-corrected chi connectivity index (χ0v) is 12.0. The zero-order valence-electron chi connectivity index (χ0n) is 11.2. The van der Waals surface area contributed by atoms with Crippen molar-refractivity contribution in [3.63, 3.8) is 0 Å². The van der Waals surface area contributed by atoms with Gasteiger partial charge in [-0.1, -0.05) is 18.9 Å². The number of rotatable bonds is 9. The maximum Gasteiger partial charge on any atom is 0.303 e. The van der Waals surface area contributed by atoms with Crippen molar-refractivity contribution < 1.29 is 14.7 Å². The van der Waals surface area contributed by atoms with Crippen LogP contribution in [0.4, 0.5) is 0 Å². The number of nitrogens with one attached hydrogen (secondary N) is 1. The third-order valence-corrected chi connectivity index (χ3v) is 4.03. The Balaban J connectivity index is 2.06. The van der Waals surface area contributed by atoms with E-state index in [1.54, 1.807) is 11.3 Å². The summed E-state index contributed by atoms with van der Waals surface area (Å²) >= 11 is 1.60. The Morgan fingerprint density at radius 2 is 2.05 bits per heavy atom. The molecule has 0 spiro atoms. The van der Waals surface area contributed by atoms with Crippen LogP contribution in [0.2, 0.25) is 0 Å². The van der Waals surface area contributed by atoms with Gasteiger partial charge in [0.2, 0.25) is 5.91 Å². The Morgan fingerprint density at radius 1 is 1.32 bits per heavy atom. The van der Waals surface area contributed by atoms with E-state index in [0.29, 0.717) is 6.54 Å². The first kappa shape index (κ1) is 15.7. The molecule has 0 bridgehead atoms. The minimum absolute atomic E-state index is 0.0629. The SMILES string of the molecule is CC(C(=O)NCCCCCCC(=O)O)c1cccs1. The minimum Gasteiger partial charge on any atom is -0.481 e. The fourth-order valence-electron chi connectivity index (χ4n) is 1.79. The van der Waals surface area contributed by atoms with Crippen LogP contribution in [0.25, 0.3) is 0 Å². The van der Waals surface area contributed by atoms with Crippen molar-refractivity contribution in [2.45, 2.75) is 44.9 Å². The van der Waals surface area contributed by atoms with Gasteiger partial charge in [-0.2, -0.15) is 0 Å². The van der Waals surface area contributed by atoms with Gasteiger partial charge < -0.3 is 10.4 Å². The van der Waals surface area contributed by atoms with Crippen LogP contribution in [-0.4, -0.2) is 23.5 Å². The predicted molar refractivity (Wildman–Crippen MR) is 76.5 cm³/mol. The third kappa shape index (κ3) is 6.38. The largest absolute Gasteiger partial charge is 0.481 e. The highest BCUT2D eigenvalue weighted by molar-refractivity contribution is 7.10.